The van der Waals surface area contributed by atoms with Gasteiger partial charge in [0.05, 0.1) is 35.9 Å². The van der Waals surface area contributed by atoms with Crippen LogP contribution in [0.15, 0.2) is 41.6 Å². The lowest BCUT2D eigenvalue weighted by molar-refractivity contribution is -0.137. The van der Waals surface area contributed by atoms with Gasteiger partial charge in [0.15, 0.2) is 0 Å². The normalized spacial score (nSPS) is 19.7. The summed E-state index contributed by atoms with van der Waals surface area (Å²) in [6.45, 7) is 5.28. The van der Waals surface area contributed by atoms with Crippen LogP contribution in [0.4, 0.5) is 24.5 Å². The maximum Gasteiger partial charge on any atom is 0.416 e. The second-order valence-corrected chi connectivity index (χ2v) is 8.01. The molecule has 1 saturated heterocycles. The molecule has 0 N–H and O–H groups in total. The molecule has 0 aliphatic carbocycles. The summed E-state index contributed by atoms with van der Waals surface area (Å²) in [6.07, 6.45) is -3.86. The van der Waals surface area contributed by atoms with Crippen LogP contribution in [0.3, 0.4) is 0 Å². The highest BCUT2D eigenvalue weighted by Crippen LogP contribution is 2.45. The fraction of sp³-hybridized carbons (Fsp3) is 0.435. The number of hydrogen-bond donors (Lipinski definition) is 0. The Morgan fingerprint density at radius 3 is 2.72 bits per heavy atom. The molecule has 5 rings (SSSR count). The molecule has 9 heteroatoms. The predicted octanol–water partition coefficient (Wildman–Crippen LogP) is 4.19. The summed E-state index contributed by atoms with van der Waals surface area (Å²) in [5, 5.41) is 4.40. The smallest absolute Gasteiger partial charge is 0.416 e. The van der Waals surface area contributed by atoms with Gasteiger partial charge in [-0.2, -0.15) is 13.2 Å². The van der Waals surface area contributed by atoms with E-state index in [9.17, 15) is 13.2 Å². The molecule has 2 aromatic carbocycles. The molecule has 32 heavy (non-hydrogen) atoms. The number of ether oxygens (including phenoxy) is 2. The van der Waals surface area contributed by atoms with E-state index in [0.29, 0.717) is 31.0 Å². The molecule has 0 atom stereocenters. The molecule has 1 fully saturated rings. The lowest BCUT2D eigenvalue weighted by atomic mass is 9.95. The first-order chi connectivity index (χ1) is 15.5. The molecule has 3 aliphatic heterocycles. The summed E-state index contributed by atoms with van der Waals surface area (Å²) in [6, 6.07) is 9.43. The molecule has 0 unspecified atom stereocenters. The zero-order valence-corrected chi connectivity index (χ0v) is 17.5. The number of nitrogens with zero attached hydrogens (tertiary/aromatic N) is 3. The van der Waals surface area contributed by atoms with Crippen molar-refractivity contribution in [1.82, 2.24) is 4.90 Å². The molecule has 0 spiro atoms. The summed E-state index contributed by atoms with van der Waals surface area (Å²) in [5.74, 6) is 0.447. The van der Waals surface area contributed by atoms with E-state index >= 15 is 0 Å². The molecular weight excluding hydrogens is 423 g/mol. The Kier molecular flexibility index (Phi) is 5.69. The van der Waals surface area contributed by atoms with E-state index in [1.54, 1.807) is 0 Å². The molecule has 170 valence electrons. The van der Waals surface area contributed by atoms with Gasteiger partial charge in [-0.1, -0.05) is 23.4 Å². The van der Waals surface area contributed by atoms with Crippen molar-refractivity contribution in [2.45, 2.75) is 19.2 Å². The molecule has 0 bridgehead atoms. The Hall–Kier alpha value is -2.78. The van der Waals surface area contributed by atoms with E-state index in [0.717, 1.165) is 61.4 Å². The third-order valence-electron chi connectivity index (χ3n) is 6.01. The number of rotatable bonds is 4. The Labute approximate surface area is 184 Å². The maximum absolute atomic E-state index is 13.3. The SMILES string of the molecule is FC(F)(F)c1ccc2c(c1)N1CC/C(=N/OCCN3CCOCC3)c3cccc(c31)CO2. The molecular formula is C23H24F3N3O3. The van der Waals surface area contributed by atoms with Gasteiger partial charge in [0.1, 0.15) is 19.0 Å². The topological polar surface area (TPSA) is 46.5 Å². The molecule has 0 radical (unpaired) electrons. The number of benzene rings is 2. The first kappa shape index (κ1) is 21.1. The first-order valence-corrected chi connectivity index (χ1v) is 10.7. The maximum atomic E-state index is 13.3. The number of alkyl halides is 3. The zero-order valence-electron chi connectivity index (χ0n) is 17.5. The van der Waals surface area contributed by atoms with Crippen LogP contribution in [0, 0.1) is 0 Å². The van der Waals surface area contributed by atoms with Crippen LogP contribution in [0.2, 0.25) is 0 Å². The quantitative estimate of drug-likeness (QED) is 0.520. The average molecular weight is 447 g/mol. The van der Waals surface area contributed by atoms with Crippen molar-refractivity contribution in [3.8, 4) is 5.75 Å². The Bertz CT molecular complexity index is 1020. The van der Waals surface area contributed by atoms with Crippen molar-refractivity contribution >= 4 is 17.1 Å². The minimum absolute atomic E-state index is 0.281. The van der Waals surface area contributed by atoms with Gasteiger partial charge < -0.3 is 19.2 Å². The van der Waals surface area contributed by atoms with Crippen molar-refractivity contribution in [3.05, 3.63) is 53.1 Å². The molecule has 0 aromatic heterocycles. The minimum Gasteiger partial charge on any atom is -0.487 e. The summed E-state index contributed by atoms with van der Waals surface area (Å²) >= 11 is 0. The number of oxime groups is 1. The second-order valence-electron chi connectivity index (χ2n) is 8.01. The van der Waals surface area contributed by atoms with E-state index in [1.165, 1.54) is 12.1 Å². The highest BCUT2D eigenvalue weighted by Gasteiger charge is 2.35. The molecule has 6 nitrogen and oxygen atoms in total. The fourth-order valence-electron chi connectivity index (χ4n) is 4.36. The number of fused-ring (bicyclic) bond motifs is 2. The van der Waals surface area contributed by atoms with Gasteiger partial charge in [-0.05, 0) is 18.2 Å². The number of halogens is 3. The van der Waals surface area contributed by atoms with Crippen molar-refractivity contribution in [2.75, 3.05) is 50.9 Å². The molecule has 3 heterocycles. The van der Waals surface area contributed by atoms with E-state index in [-0.39, 0.29) is 6.61 Å². The Balaban J connectivity index is 1.41. The zero-order chi connectivity index (χ0) is 22.1. The van der Waals surface area contributed by atoms with E-state index in [4.69, 9.17) is 14.3 Å². The third-order valence-corrected chi connectivity index (χ3v) is 6.01. The Morgan fingerprint density at radius 2 is 1.91 bits per heavy atom. The number of hydrogen-bond acceptors (Lipinski definition) is 6. The number of para-hydroxylation sites is 1. The Morgan fingerprint density at radius 1 is 1.06 bits per heavy atom. The number of anilines is 2. The van der Waals surface area contributed by atoms with E-state index in [2.05, 4.69) is 10.1 Å². The summed E-state index contributed by atoms with van der Waals surface area (Å²) in [7, 11) is 0. The average Bonchev–Trinajstić information content (AvgIpc) is 2.96. The lowest BCUT2D eigenvalue weighted by Gasteiger charge is -2.32. The van der Waals surface area contributed by atoms with Crippen LogP contribution in [-0.2, 0) is 22.4 Å². The van der Waals surface area contributed by atoms with Crippen molar-refractivity contribution in [3.63, 3.8) is 0 Å². The van der Waals surface area contributed by atoms with Crippen molar-refractivity contribution in [1.29, 1.82) is 0 Å². The van der Waals surface area contributed by atoms with Crippen LogP contribution < -0.4 is 9.64 Å². The first-order valence-electron chi connectivity index (χ1n) is 10.7. The van der Waals surface area contributed by atoms with Gasteiger partial charge in [-0.3, -0.25) is 4.90 Å². The number of morpholine rings is 1. The van der Waals surface area contributed by atoms with Crippen LogP contribution >= 0.6 is 0 Å². The van der Waals surface area contributed by atoms with Gasteiger partial charge in [-0.15, -0.1) is 0 Å². The second kappa shape index (κ2) is 8.63. The standard InChI is InChI=1S/C23H24F3N3O3/c24-23(25,26)17-4-5-21-20(14-17)29-7-6-19(18-3-1-2-16(15-31-21)22(18)29)27-32-13-10-28-8-11-30-12-9-28/h1-5,14H,6-13,15H2/b27-19-. The molecule has 2 aromatic rings. The third kappa shape index (κ3) is 4.14. The highest BCUT2D eigenvalue weighted by atomic mass is 19.4. The van der Waals surface area contributed by atoms with Gasteiger partial charge in [0.25, 0.3) is 0 Å². The van der Waals surface area contributed by atoms with Crippen LogP contribution in [0.25, 0.3) is 0 Å². The van der Waals surface area contributed by atoms with Gasteiger partial charge in [0.2, 0.25) is 0 Å². The van der Waals surface area contributed by atoms with E-state index < -0.39 is 11.7 Å². The van der Waals surface area contributed by atoms with Gasteiger partial charge in [-0.25, -0.2) is 0 Å². The van der Waals surface area contributed by atoms with Crippen LogP contribution in [0.1, 0.15) is 23.1 Å². The van der Waals surface area contributed by atoms with Crippen molar-refractivity contribution < 1.29 is 27.5 Å². The van der Waals surface area contributed by atoms with Crippen LogP contribution in [-0.4, -0.2) is 56.6 Å². The van der Waals surface area contributed by atoms with E-state index in [1.807, 2.05) is 23.1 Å². The summed E-state index contributed by atoms with van der Waals surface area (Å²) in [4.78, 5) is 9.81. The van der Waals surface area contributed by atoms with Crippen molar-refractivity contribution in [2.24, 2.45) is 5.16 Å². The molecule has 0 amide bonds. The lowest BCUT2D eigenvalue weighted by Crippen LogP contribution is -2.38. The van der Waals surface area contributed by atoms with Crippen LogP contribution in [0.5, 0.6) is 5.75 Å². The highest BCUT2D eigenvalue weighted by molar-refractivity contribution is 6.08. The summed E-state index contributed by atoms with van der Waals surface area (Å²) in [5.41, 5.74) is 3.16. The minimum atomic E-state index is -4.42. The van der Waals surface area contributed by atoms with Gasteiger partial charge in [0, 0.05) is 43.7 Å². The largest absolute Gasteiger partial charge is 0.487 e. The monoisotopic (exact) mass is 447 g/mol. The predicted molar refractivity (Wildman–Crippen MR) is 114 cm³/mol. The molecule has 0 saturated carbocycles. The van der Waals surface area contributed by atoms with Gasteiger partial charge >= 0.3 is 6.18 Å². The molecule has 3 aliphatic rings. The fourth-order valence-corrected chi connectivity index (χ4v) is 4.36. The summed E-state index contributed by atoms with van der Waals surface area (Å²) < 4.78 is 51.2.